The highest BCUT2D eigenvalue weighted by atomic mass is 16.5. The summed E-state index contributed by atoms with van der Waals surface area (Å²) >= 11 is 0. The summed E-state index contributed by atoms with van der Waals surface area (Å²) in [6.07, 6.45) is 1.49. The number of hydrogen-bond acceptors (Lipinski definition) is 5. The number of rotatable bonds is 7. The van der Waals surface area contributed by atoms with E-state index in [4.69, 9.17) is 9.47 Å². The van der Waals surface area contributed by atoms with E-state index in [1.807, 2.05) is 27.7 Å². The Morgan fingerprint density at radius 3 is 2.65 bits per heavy atom. The summed E-state index contributed by atoms with van der Waals surface area (Å²) in [5.74, 6) is 1.33. The minimum atomic E-state index is -0.217. The normalized spacial score (nSPS) is 11.3. The van der Waals surface area contributed by atoms with Crippen molar-refractivity contribution in [2.24, 2.45) is 0 Å². The maximum absolute atomic E-state index is 5.59. The zero-order valence-electron chi connectivity index (χ0n) is 11.0. The minimum Gasteiger partial charge on any atom is -0.478 e. The summed E-state index contributed by atoms with van der Waals surface area (Å²) in [6, 6.07) is 1.78. The van der Waals surface area contributed by atoms with Crippen LogP contribution in [0.25, 0.3) is 0 Å². The van der Waals surface area contributed by atoms with Crippen molar-refractivity contribution in [3.05, 3.63) is 12.4 Å². The molecule has 0 aliphatic carbocycles. The summed E-state index contributed by atoms with van der Waals surface area (Å²) in [6.45, 7) is 9.96. The Morgan fingerprint density at radius 2 is 2.00 bits per heavy atom. The van der Waals surface area contributed by atoms with E-state index in [1.165, 1.54) is 6.33 Å². The molecule has 0 bridgehead atoms. The highest BCUT2D eigenvalue weighted by Gasteiger charge is 2.17. The van der Waals surface area contributed by atoms with Crippen LogP contribution in [0, 0.1) is 0 Å². The second kappa shape index (κ2) is 6.39. The molecule has 1 heterocycles. The Balaban J connectivity index is 2.53. The van der Waals surface area contributed by atoms with Crippen molar-refractivity contribution in [2.45, 2.75) is 33.3 Å². The van der Waals surface area contributed by atoms with Gasteiger partial charge in [-0.2, -0.15) is 0 Å². The zero-order chi connectivity index (χ0) is 12.7. The van der Waals surface area contributed by atoms with Gasteiger partial charge in [0.15, 0.2) is 0 Å². The van der Waals surface area contributed by atoms with E-state index in [-0.39, 0.29) is 5.60 Å². The fraction of sp³-hybridized carbons (Fsp3) is 0.667. The first-order valence-electron chi connectivity index (χ1n) is 5.90. The monoisotopic (exact) mass is 239 g/mol. The number of nitrogens with zero attached hydrogens (tertiary/aromatic N) is 2. The maximum atomic E-state index is 5.59. The van der Waals surface area contributed by atoms with Gasteiger partial charge in [0.25, 0.3) is 0 Å². The molecule has 17 heavy (non-hydrogen) atoms. The van der Waals surface area contributed by atoms with E-state index >= 15 is 0 Å². The quantitative estimate of drug-likeness (QED) is 0.789. The lowest BCUT2D eigenvalue weighted by Gasteiger charge is -2.25. The van der Waals surface area contributed by atoms with E-state index in [9.17, 15) is 0 Å². The third-order valence-electron chi connectivity index (χ3n) is 2.16. The van der Waals surface area contributed by atoms with Gasteiger partial charge in [-0.1, -0.05) is 0 Å². The van der Waals surface area contributed by atoms with Crippen LogP contribution in [-0.2, 0) is 4.74 Å². The number of nitrogens with one attached hydrogen (secondary N) is 1. The predicted molar refractivity (Wildman–Crippen MR) is 67.4 cm³/mol. The van der Waals surface area contributed by atoms with Crippen molar-refractivity contribution in [1.82, 2.24) is 9.97 Å². The van der Waals surface area contributed by atoms with Gasteiger partial charge in [-0.05, 0) is 27.7 Å². The van der Waals surface area contributed by atoms with Crippen molar-refractivity contribution in [2.75, 3.05) is 25.1 Å². The van der Waals surface area contributed by atoms with Crippen LogP contribution in [0.1, 0.15) is 27.7 Å². The summed E-state index contributed by atoms with van der Waals surface area (Å²) < 4.78 is 10.9. The molecule has 1 N–H and O–H groups in total. The van der Waals surface area contributed by atoms with E-state index in [0.29, 0.717) is 25.6 Å². The maximum Gasteiger partial charge on any atom is 0.218 e. The van der Waals surface area contributed by atoms with Crippen LogP contribution in [0.5, 0.6) is 5.88 Å². The molecule has 0 unspecified atom stereocenters. The largest absolute Gasteiger partial charge is 0.478 e. The van der Waals surface area contributed by atoms with Crippen LogP contribution in [0.15, 0.2) is 12.4 Å². The van der Waals surface area contributed by atoms with Crippen LogP contribution < -0.4 is 10.1 Å². The van der Waals surface area contributed by atoms with Crippen LogP contribution in [-0.4, -0.2) is 35.3 Å². The smallest absolute Gasteiger partial charge is 0.218 e. The van der Waals surface area contributed by atoms with Gasteiger partial charge in [-0.3, -0.25) is 0 Å². The van der Waals surface area contributed by atoms with Gasteiger partial charge in [0.2, 0.25) is 5.88 Å². The number of aromatic nitrogens is 2. The molecule has 5 heteroatoms. The number of hydrogen-bond donors (Lipinski definition) is 1. The Labute approximate surface area is 103 Å². The van der Waals surface area contributed by atoms with E-state index in [0.717, 1.165) is 5.82 Å². The Hall–Kier alpha value is -1.36. The molecule has 5 nitrogen and oxygen atoms in total. The molecule has 1 rings (SSSR count). The van der Waals surface area contributed by atoms with Gasteiger partial charge < -0.3 is 14.8 Å². The van der Waals surface area contributed by atoms with Crippen molar-refractivity contribution in [1.29, 1.82) is 0 Å². The van der Waals surface area contributed by atoms with Crippen LogP contribution >= 0.6 is 0 Å². The van der Waals surface area contributed by atoms with Crippen molar-refractivity contribution < 1.29 is 9.47 Å². The molecule has 0 saturated carbocycles. The molecule has 0 aliphatic heterocycles. The fourth-order valence-electron chi connectivity index (χ4n) is 1.41. The summed E-state index contributed by atoms with van der Waals surface area (Å²) in [4.78, 5) is 8.13. The lowest BCUT2D eigenvalue weighted by molar-refractivity contribution is 0.000634. The molecule has 0 fully saturated rings. The average molecular weight is 239 g/mol. The second-order valence-electron chi connectivity index (χ2n) is 4.22. The van der Waals surface area contributed by atoms with Gasteiger partial charge >= 0.3 is 0 Å². The fourth-order valence-corrected chi connectivity index (χ4v) is 1.41. The standard InChI is InChI=1S/C12H21N3O2/c1-5-16-11-7-10(14-9-15-11)13-8-12(3,4)17-6-2/h7,9H,5-6,8H2,1-4H3,(H,13,14,15). The first-order chi connectivity index (χ1) is 8.07. The zero-order valence-corrected chi connectivity index (χ0v) is 11.0. The van der Waals surface area contributed by atoms with Gasteiger partial charge in [0, 0.05) is 19.2 Å². The molecule has 0 aliphatic rings. The van der Waals surface area contributed by atoms with Crippen molar-refractivity contribution in [3.63, 3.8) is 0 Å². The molecule has 0 amide bonds. The third-order valence-corrected chi connectivity index (χ3v) is 2.16. The molecule has 1 aromatic heterocycles. The first kappa shape index (κ1) is 13.7. The third kappa shape index (κ3) is 4.99. The van der Waals surface area contributed by atoms with E-state index in [2.05, 4.69) is 15.3 Å². The SMILES string of the molecule is CCOc1cc(NCC(C)(C)OCC)ncn1. The number of ether oxygens (including phenoxy) is 2. The molecular weight excluding hydrogens is 218 g/mol. The average Bonchev–Trinajstić information content (AvgIpc) is 2.28. The van der Waals surface area contributed by atoms with E-state index in [1.54, 1.807) is 6.07 Å². The molecule has 0 saturated heterocycles. The Kier molecular flexibility index (Phi) is 5.15. The number of anilines is 1. The van der Waals surface area contributed by atoms with Gasteiger partial charge in [-0.15, -0.1) is 0 Å². The van der Waals surface area contributed by atoms with Gasteiger partial charge in [0.05, 0.1) is 12.2 Å². The molecular formula is C12H21N3O2. The Bertz CT molecular complexity index is 342. The van der Waals surface area contributed by atoms with Crippen LogP contribution in [0.2, 0.25) is 0 Å². The summed E-state index contributed by atoms with van der Waals surface area (Å²) in [5.41, 5.74) is -0.217. The van der Waals surface area contributed by atoms with Crippen molar-refractivity contribution >= 4 is 5.82 Å². The van der Waals surface area contributed by atoms with E-state index < -0.39 is 0 Å². The van der Waals surface area contributed by atoms with Crippen LogP contribution in [0.3, 0.4) is 0 Å². The van der Waals surface area contributed by atoms with Gasteiger partial charge in [-0.25, -0.2) is 9.97 Å². The molecule has 1 aromatic rings. The van der Waals surface area contributed by atoms with Gasteiger partial charge in [0.1, 0.15) is 12.1 Å². The lowest BCUT2D eigenvalue weighted by atomic mass is 10.1. The highest BCUT2D eigenvalue weighted by molar-refractivity contribution is 5.37. The molecule has 0 aromatic carbocycles. The Morgan fingerprint density at radius 1 is 1.24 bits per heavy atom. The second-order valence-corrected chi connectivity index (χ2v) is 4.22. The summed E-state index contributed by atoms with van der Waals surface area (Å²) in [5, 5.41) is 3.21. The lowest BCUT2D eigenvalue weighted by Crippen LogP contribution is -2.33. The predicted octanol–water partition coefficient (Wildman–Crippen LogP) is 2.10. The molecule has 0 atom stereocenters. The first-order valence-corrected chi connectivity index (χ1v) is 5.90. The molecule has 96 valence electrons. The molecule has 0 radical (unpaired) electrons. The molecule has 0 spiro atoms. The highest BCUT2D eigenvalue weighted by Crippen LogP contribution is 2.14. The summed E-state index contributed by atoms with van der Waals surface area (Å²) in [7, 11) is 0. The van der Waals surface area contributed by atoms with Crippen molar-refractivity contribution in [3.8, 4) is 5.88 Å². The topological polar surface area (TPSA) is 56.3 Å². The minimum absolute atomic E-state index is 0.217. The van der Waals surface area contributed by atoms with Crippen LogP contribution in [0.4, 0.5) is 5.82 Å².